The van der Waals surface area contributed by atoms with Crippen LogP contribution >= 0.6 is 11.8 Å². The highest BCUT2D eigenvalue weighted by Crippen LogP contribution is 2.33. The summed E-state index contributed by atoms with van der Waals surface area (Å²) in [6.45, 7) is 5.23. The lowest BCUT2D eigenvalue weighted by Crippen LogP contribution is -2.42. The highest BCUT2D eigenvalue weighted by molar-refractivity contribution is 8.00. The Bertz CT molecular complexity index is 590. The van der Waals surface area contributed by atoms with E-state index in [9.17, 15) is 9.59 Å². The van der Waals surface area contributed by atoms with Gasteiger partial charge in [0.05, 0.1) is 11.6 Å². The number of amides is 2. The molecule has 0 aromatic heterocycles. The second-order valence-electron chi connectivity index (χ2n) is 6.25. The molecule has 1 aromatic rings. The van der Waals surface area contributed by atoms with Crippen LogP contribution in [0.4, 0.5) is 0 Å². The summed E-state index contributed by atoms with van der Waals surface area (Å²) in [5.41, 5.74) is 2.64. The average Bonchev–Trinajstić information content (AvgIpc) is 3.06. The summed E-state index contributed by atoms with van der Waals surface area (Å²) >= 11 is 1.58. The summed E-state index contributed by atoms with van der Waals surface area (Å²) in [7, 11) is 0. The minimum absolute atomic E-state index is 0.0828. The molecule has 2 aliphatic heterocycles. The molecule has 2 unspecified atom stereocenters. The highest BCUT2D eigenvalue weighted by atomic mass is 32.2. The number of carbonyl (C=O) groups is 2. The zero-order valence-corrected chi connectivity index (χ0v) is 13.9. The third kappa shape index (κ3) is 3.00. The second kappa shape index (κ2) is 6.32. The number of hydrogen-bond acceptors (Lipinski definition) is 3. The fraction of sp³-hybridized carbons (Fsp3) is 0.529. The van der Waals surface area contributed by atoms with Crippen LogP contribution in [0.1, 0.15) is 30.4 Å². The van der Waals surface area contributed by atoms with Crippen molar-refractivity contribution in [2.24, 2.45) is 0 Å². The van der Waals surface area contributed by atoms with Gasteiger partial charge in [-0.05, 0) is 31.4 Å². The molecular weight excluding hydrogens is 296 g/mol. The minimum Gasteiger partial charge on any atom is -0.338 e. The van der Waals surface area contributed by atoms with Gasteiger partial charge in [0, 0.05) is 18.5 Å². The van der Waals surface area contributed by atoms with Gasteiger partial charge in [0.25, 0.3) is 0 Å². The van der Waals surface area contributed by atoms with Gasteiger partial charge in [0.15, 0.2) is 0 Å². The zero-order valence-electron chi connectivity index (χ0n) is 13.1. The van der Waals surface area contributed by atoms with E-state index in [0.717, 1.165) is 13.0 Å². The van der Waals surface area contributed by atoms with Crippen LogP contribution in [-0.4, -0.2) is 52.4 Å². The van der Waals surface area contributed by atoms with Gasteiger partial charge in [-0.25, -0.2) is 0 Å². The molecule has 4 nitrogen and oxygen atoms in total. The van der Waals surface area contributed by atoms with Gasteiger partial charge in [-0.15, -0.1) is 11.8 Å². The highest BCUT2D eigenvalue weighted by Gasteiger charge is 2.35. The van der Waals surface area contributed by atoms with E-state index < -0.39 is 0 Å². The summed E-state index contributed by atoms with van der Waals surface area (Å²) in [6.07, 6.45) is 0.999. The Balaban J connectivity index is 1.67. The van der Waals surface area contributed by atoms with Crippen LogP contribution < -0.4 is 0 Å². The van der Waals surface area contributed by atoms with E-state index >= 15 is 0 Å². The Morgan fingerprint density at radius 1 is 1.36 bits per heavy atom. The van der Waals surface area contributed by atoms with Crippen LogP contribution in [0.3, 0.4) is 0 Å². The first kappa shape index (κ1) is 15.4. The van der Waals surface area contributed by atoms with Crippen LogP contribution in [0, 0.1) is 6.92 Å². The Hall–Kier alpha value is -1.49. The summed E-state index contributed by atoms with van der Waals surface area (Å²) in [6, 6.07) is 8.66. The van der Waals surface area contributed by atoms with Gasteiger partial charge in [-0.2, -0.15) is 0 Å². The van der Waals surface area contributed by atoms with Crippen molar-refractivity contribution in [1.82, 2.24) is 9.80 Å². The number of hydrogen-bond donors (Lipinski definition) is 0. The fourth-order valence-corrected chi connectivity index (χ4v) is 4.35. The van der Waals surface area contributed by atoms with Crippen LogP contribution in [0.2, 0.25) is 0 Å². The lowest BCUT2D eigenvalue weighted by Gasteiger charge is -2.24. The summed E-state index contributed by atoms with van der Waals surface area (Å²) < 4.78 is 0. The van der Waals surface area contributed by atoms with Gasteiger partial charge in [0.2, 0.25) is 11.8 Å². The first-order valence-electron chi connectivity index (χ1n) is 7.76. The van der Waals surface area contributed by atoms with Crippen molar-refractivity contribution < 1.29 is 9.59 Å². The van der Waals surface area contributed by atoms with Crippen LogP contribution in [-0.2, 0) is 9.59 Å². The molecule has 0 bridgehead atoms. The first-order chi connectivity index (χ1) is 10.6. The van der Waals surface area contributed by atoms with Crippen molar-refractivity contribution in [3.8, 4) is 0 Å². The van der Waals surface area contributed by atoms with Crippen LogP contribution in [0.25, 0.3) is 0 Å². The van der Waals surface area contributed by atoms with Gasteiger partial charge in [0.1, 0.15) is 6.54 Å². The Kier molecular flexibility index (Phi) is 4.43. The third-order valence-electron chi connectivity index (χ3n) is 4.67. The first-order valence-corrected chi connectivity index (χ1v) is 8.92. The SMILES string of the molecule is Cc1ccccc1C1CC(C)N(C(=O)CN2CSCC2=O)C1. The van der Waals surface area contributed by atoms with Crippen molar-refractivity contribution in [3.05, 3.63) is 35.4 Å². The Morgan fingerprint density at radius 2 is 2.14 bits per heavy atom. The van der Waals surface area contributed by atoms with E-state index in [1.165, 1.54) is 11.1 Å². The smallest absolute Gasteiger partial charge is 0.242 e. The predicted molar refractivity (Wildman–Crippen MR) is 88.8 cm³/mol. The molecule has 2 fully saturated rings. The van der Waals surface area contributed by atoms with Crippen LogP contribution in [0.5, 0.6) is 0 Å². The number of carbonyl (C=O) groups excluding carboxylic acids is 2. The maximum absolute atomic E-state index is 12.5. The van der Waals surface area contributed by atoms with Gasteiger partial charge < -0.3 is 9.80 Å². The largest absolute Gasteiger partial charge is 0.338 e. The molecule has 1 aromatic carbocycles. The molecule has 0 N–H and O–H groups in total. The van der Waals surface area contributed by atoms with Crippen LogP contribution in [0.15, 0.2) is 24.3 Å². The van der Waals surface area contributed by atoms with Crippen molar-refractivity contribution in [2.45, 2.75) is 32.2 Å². The molecule has 2 saturated heterocycles. The Morgan fingerprint density at radius 3 is 2.82 bits per heavy atom. The molecule has 0 radical (unpaired) electrons. The number of benzene rings is 1. The van der Waals surface area contributed by atoms with E-state index in [1.54, 1.807) is 16.7 Å². The van der Waals surface area contributed by atoms with Gasteiger partial charge in [-0.3, -0.25) is 9.59 Å². The molecular formula is C17H22N2O2S. The van der Waals surface area contributed by atoms with E-state index in [-0.39, 0.29) is 24.4 Å². The molecule has 5 heteroatoms. The third-order valence-corrected chi connectivity index (χ3v) is 5.62. The van der Waals surface area contributed by atoms with Crippen molar-refractivity contribution >= 4 is 23.6 Å². The quantitative estimate of drug-likeness (QED) is 0.858. The monoisotopic (exact) mass is 318 g/mol. The molecule has 3 rings (SSSR count). The van der Waals surface area contributed by atoms with Gasteiger partial charge >= 0.3 is 0 Å². The molecule has 2 aliphatic rings. The predicted octanol–water partition coefficient (Wildman–Crippen LogP) is 2.23. The lowest BCUT2D eigenvalue weighted by atomic mass is 9.93. The molecule has 2 heterocycles. The number of likely N-dealkylation sites (tertiary alicyclic amines) is 1. The topological polar surface area (TPSA) is 40.6 Å². The summed E-state index contributed by atoms with van der Waals surface area (Å²) in [5.74, 6) is 1.73. The molecule has 0 spiro atoms. The van der Waals surface area contributed by atoms with E-state index in [4.69, 9.17) is 0 Å². The van der Waals surface area contributed by atoms with Gasteiger partial charge in [-0.1, -0.05) is 24.3 Å². The van der Waals surface area contributed by atoms with Crippen molar-refractivity contribution in [3.63, 3.8) is 0 Å². The molecule has 22 heavy (non-hydrogen) atoms. The molecule has 2 amide bonds. The normalized spacial score (nSPS) is 25.1. The average molecular weight is 318 g/mol. The number of aryl methyl sites for hydroxylation is 1. The molecule has 2 atom stereocenters. The second-order valence-corrected chi connectivity index (χ2v) is 7.21. The zero-order chi connectivity index (χ0) is 15.7. The van der Waals surface area contributed by atoms with Crippen molar-refractivity contribution in [1.29, 1.82) is 0 Å². The maximum Gasteiger partial charge on any atom is 0.242 e. The maximum atomic E-state index is 12.5. The standard InChI is InChI=1S/C17H22N2O2S/c1-12-5-3-4-6-15(12)14-7-13(2)19(8-14)16(20)9-18-11-22-10-17(18)21/h3-6,13-14H,7-11H2,1-2H3. The molecule has 0 saturated carbocycles. The van der Waals surface area contributed by atoms with E-state index in [2.05, 4.69) is 38.1 Å². The Labute approximate surface area is 135 Å². The number of thioether (sulfide) groups is 1. The molecule has 0 aliphatic carbocycles. The number of rotatable bonds is 3. The number of nitrogens with zero attached hydrogens (tertiary/aromatic N) is 2. The van der Waals surface area contributed by atoms with E-state index in [1.807, 2.05) is 4.90 Å². The molecule has 118 valence electrons. The van der Waals surface area contributed by atoms with E-state index in [0.29, 0.717) is 17.5 Å². The fourth-order valence-electron chi connectivity index (χ4n) is 3.44. The van der Waals surface area contributed by atoms with Crippen molar-refractivity contribution in [2.75, 3.05) is 24.7 Å². The minimum atomic E-state index is 0.0828. The summed E-state index contributed by atoms with van der Waals surface area (Å²) in [4.78, 5) is 27.8. The lowest BCUT2D eigenvalue weighted by molar-refractivity contribution is -0.138. The summed E-state index contributed by atoms with van der Waals surface area (Å²) in [5, 5.41) is 0.